The van der Waals surface area contributed by atoms with Crippen molar-refractivity contribution in [2.45, 2.75) is 6.92 Å². The summed E-state index contributed by atoms with van der Waals surface area (Å²) in [5, 5.41) is 0. The molecule has 0 unspecified atom stereocenters. The van der Waals surface area contributed by atoms with Crippen molar-refractivity contribution in [1.82, 2.24) is 0 Å². The van der Waals surface area contributed by atoms with E-state index in [4.69, 9.17) is 9.47 Å². The smallest absolute Gasteiger partial charge is 0.342 e. The van der Waals surface area contributed by atoms with Crippen LogP contribution in [0.4, 0.5) is 0 Å². The average Bonchev–Trinajstić information content (AvgIpc) is 2.34. The molecule has 0 aliphatic rings. The fourth-order valence-electron chi connectivity index (χ4n) is 1.23. The number of hydrogen-bond donors (Lipinski definition) is 0. The number of carbonyl (C=O) groups is 2. The monoisotopic (exact) mass is 246 g/mol. The lowest BCUT2D eigenvalue weighted by Gasteiger charge is -2.07. The van der Waals surface area contributed by atoms with Crippen molar-refractivity contribution in [3.05, 3.63) is 54.6 Å². The van der Waals surface area contributed by atoms with E-state index in [0.717, 1.165) is 0 Å². The largest absolute Gasteiger partial charge is 0.458 e. The zero-order chi connectivity index (χ0) is 13.4. The molecule has 0 spiro atoms. The highest BCUT2D eigenvalue weighted by molar-refractivity contribution is 5.93. The minimum Gasteiger partial charge on any atom is -0.458 e. The highest BCUT2D eigenvalue weighted by atomic mass is 16.5. The van der Waals surface area contributed by atoms with E-state index in [9.17, 15) is 9.59 Å². The first-order valence-electron chi connectivity index (χ1n) is 5.37. The maximum Gasteiger partial charge on any atom is 0.342 e. The zero-order valence-corrected chi connectivity index (χ0v) is 10.1. The number of rotatable bonds is 5. The molecule has 0 aliphatic heterocycles. The average molecular weight is 246 g/mol. The first-order chi connectivity index (χ1) is 8.65. The fourth-order valence-corrected chi connectivity index (χ4v) is 1.23. The Balaban J connectivity index is 2.75. The molecule has 94 valence electrons. The number of allylic oxidation sites excluding steroid dienone is 2. The van der Waals surface area contributed by atoms with Crippen LogP contribution in [-0.2, 0) is 9.53 Å². The van der Waals surface area contributed by atoms with E-state index in [-0.39, 0.29) is 17.9 Å². The molecular weight excluding hydrogens is 232 g/mol. The van der Waals surface area contributed by atoms with Gasteiger partial charge >= 0.3 is 11.9 Å². The SMILES string of the molecule is C=C/C=C/COC(=O)c1ccccc1OC(C)=O. The fraction of sp³-hybridized carbons (Fsp3) is 0.143. The third kappa shape index (κ3) is 4.25. The maximum atomic E-state index is 11.7. The van der Waals surface area contributed by atoms with E-state index in [1.54, 1.807) is 30.4 Å². The summed E-state index contributed by atoms with van der Waals surface area (Å²) in [6.45, 7) is 4.91. The Morgan fingerprint density at radius 3 is 2.72 bits per heavy atom. The van der Waals surface area contributed by atoms with E-state index in [2.05, 4.69) is 6.58 Å². The van der Waals surface area contributed by atoms with Crippen LogP contribution in [0.3, 0.4) is 0 Å². The lowest BCUT2D eigenvalue weighted by molar-refractivity contribution is -0.131. The Morgan fingerprint density at radius 2 is 2.06 bits per heavy atom. The van der Waals surface area contributed by atoms with Crippen LogP contribution < -0.4 is 4.74 Å². The van der Waals surface area contributed by atoms with Crippen molar-refractivity contribution in [3.63, 3.8) is 0 Å². The lowest BCUT2D eigenvalue weighted by Crippen LogP contribution is -2.10. The molecule has 0 saturated carbocycles. The Morgan fingerprint density at radius 1 is 1.33 bits per heavy atom. The Kier molecular flexibility index (Phi) is 5.38. The molecule has 0 saturated heterocycles. The summed E-state index contributed by atoms with van der Waals surface area (Å²) in [6.07, 6.45) is 4.91. The summed E-state index contributed by atoms with van der Waals surface area (Å²) < 4.78 is 9.91. The third-order valence-electron chi connectivity index (χ3n) is 1.94. The molecule has 1 rings (SSSR count). The minimum atomic E-state index is -0.541. The second kappa shape index (κ2) is 7.06. The molecule has 0 aromatic heterocycles. The first kappa shape index (κ1) is 13.7. The van der Waals surface area contributed by atoms with Crippen LogP contribution in [0.25, 0.3) is 0 Å². The molecule has 0 atom stereocenters. The third-order valence-corrected chi connectivity index (χ3v) is 1.94. The van der Waals surface area contributed by atoms with Gasteiger partial charge in [-0.15, -0.1) is 0 Å². The summed E-state index contributed by atoms with van der Waals surface area (Å²) in [5.41, 5.74) is 0.222. The highest BCUT2D eigenvalue weighted by Crippen LogP contribution is 2.19. The van der Waals surface area contributed by atoms with Gasteiger partial charge in [-0.25, -0.2) is 4.79 Å². The highest BCUT2D eigenvalue weighted by Gasteiger charge is 2.14. The first-order valence-corrected chi connectivity index (χ1v) is 5.37. The van der Waals surface area contributed by atoms with Gasteiger partial charge in [0, 0.05) is 6.92 Å². The van der Waals surface area contributed by atoms with E-state index < -0.39 is 11.9 Å². The number of carbonyl (C=O) groups excluding carboxylic acids is 2. The van der Waals surface area contributed by atoms with Crippen LogP contribution in [0.15, 0.2) is 49.1 Å². The van der Waals surface area contributed by atoms with Gasteiger partial charge in [-0.3, -0.25) is 4.79 Å². The van der Waals surface area contributed by atoms with Gasteiger partial charge in [0.2, 0.25) is 0 Å². The van der Waals surface area contributed by atoms with Crippen LogP contribution in [0.2, 0.25) is 0 Å². The molecule has 18 heavy (non-hydrogen) atoms. The van der Waals surface area contributed by atoms with E-state index in [1.807, 2.05) is 0 Å². The van der Waals surface area contributed by atoms with Gasteiger partial charge < -0.3 is 9.47 Å². The van der Waals surface area contributed by atoms with Crippen molar-refractivity contribution in [1.29, 1.82) is 0 Å². The molecule has 4 heteroatoms. The molecule has 0 N–H and O–H groups in total. The Labute approximate surface area is 106 Å². The number of ether oxygens (including phenoxy) is 2. The van der Waals surface area contributed by atoms with Crippen LogP contribution in [0, 0.1) is 0 Å². The predicted molar refractivity (Wildman–Crippen MR) is 67.4 cm³/mol. The van der Waals surface area contributed by atoms with Gasteiger partial charge in [-0.2, -0.15) is 0 Å². The molecule has 4 nitrogen and oxygen atoms in total. The summed E-state index contributed by atoms with van der Waals surface area (Å²) in [5.74, 6) is -0.829. The number of esters is 2. The van der Waals surface area contributed by atoms with Crippen molar-refractivity contribution in [2.24, 2.45) is 0 Å². The molecule has 0 aliphatic carbocycles. The second-order valence-electron chi connectivity index (χ2n) is 3.35. The van der Waals surface area contributed by atoms with E-state index in [0.29, 0.717) is 0 Å². The Hall–Kier alpha value is -2.36. The quantitative estimate of drug-likeness (QED) is 0.455. The molecule has 1 aromatic carbocycles. The maximum absolute atomic E-state index is 11.7. The van der Waals surface area contributed by atoms with Crippen LogP contribution in [-0.4, -0.2) is 18.5 Å². The van der Waals surface area contributed by atoms with E-state index in [1.165, 1.54) is 19.1 Å². The molecule has 0 amide bonds. The van der Waals surface area contributed by atoms with Gasteiger partial charge in [0.1, 0.15) is 17.9 Å². The van der Waals surface area contributed by atoms with E-state index >= 15 is 0 Å². The summed E-state index contributed by atoms with van der Waals surface area (Å²) >= 11 is 0. The van der Waals surface area contributed by atoms with Crippen molar-refractivity contribution in [2.75, 3.05) is 6.61 Å². The number of benzene rings is 1. The molecule has 0 bridgehead atoms. The normalized spacial score (nSPS) is 10.1. The van der Waals surface area contributed by atoms with Gasteiger partial charge in [-0.05, 0) is 18.2 Å². The topological polar surface area (TPSA) is 52.6 Å². The minimum absolute atomic E-state index is 0.138. The Bertz CT molecular complexity index is 474. The zero-order valence-electron chi connectivity index (χ0n) is 10.1. The summed E-state index contributed by atoms with van der Waals surface area (Å²) in [7, 11) is 0. The summed E-state index contributed by atoms with van der Waals surface area (Å²) in [6, 6.07) is 6.42. The molecule has 0 fully saturated rings. The molecular formula is C14H14O4. The van der Waals surface area contributed by atoms with Gasteiger partial charge in [-0.1, -0.05) is 30.9 Å². The second-order valence-corrected chi connectivity index (χ2v) is 3.35. The van der Waals surface area contributed by atoms with Crippen molar-refractivity contribution in [3.8, 4) is 5.75 Å². The van der Waals surface area contributed by atoms with Gasteiger partial charge in [0.05, 0.1) is 0 Å². The number of para-hydroxylation sites is 1. The van der Waals surface area contributed by atoms with Gasteiger partial charge in [0.15, 0.2) is 0 Å². The molecule has 0 radical (unpaired) electrons. The van der Waals surface area contributed by atoms with Crippen molar-refractivity contribution < 1.29 is 19.1 Å². The molecule has 1 aromatic rings. The van der Waals surface area contributed by atoms with Crippen LogP contribution >= 0.6 is 0 Å². The standard InChI is InChI=1S/C14H14O4/c1-3-4-7-10-17-14(16)12-8-5-6-9-13(12)18-11(2)15/h3-9H,1,10H2,2H3/b7-4+. The summed E-state index contributed by atoms with van der Waals surface area (Å²) in [4.78, 5) is 22.6. The van der Waals surface area contributed by atoms with Crippen molar-refractivity contribution >= 4 is 11.9 Å². The molecule has 0 heterocycles. The van der Waals surface area contributed by atoms with Crippen LogP contribution in [0.5, 0.6) is 5.75 Å². The predicted octanol–water partition coefficient (Wildman–Crippen LogP) is 2.51. The lowest BCUT2D eigenvalue weighted by atomic mass is 10.2. The van der Waals surface area contributed by atoms with Gasteiger partial charge in [0.25, 0.3) is 0 Å². The number of hydrogen-bond acceptors (Lipinski definition) is 4. The van der Waals surface area contributed by atoms with Crippen LogP contribution in [0.1, 0.15) is 17.3 Å².